The molecule has 0 amide bonds. The number of unbranched alkanes of at least 4 members (excludes halogenated alkanes) is 1. The van der Waals surface area contributed by atoms with Crippen molar-refractivity contribution in [2.24, 2.45) is 7.05 Å². The minimum absolute atomic E-state index is 0.0211. The average Bonchev–Trinajstić information content (AvgIpc) is 3.47. The second kappa shape index (κ2) is 13.7. The summed E-state index contributed by atoms with van der Waals surface area (Å²) < 4.78 is 71.4. The number of carbonyl (C=O) groups is 2. The first-order valence-electron chi connectivity index (χ1n) is 12.0. The van der Waals surface area contributed by atoms with Crippen molar-refractivity contribution in [1.29, 1.82) is 0 Å². The lowest BCUT2D eigenvalue weighted by molar-refractivity contribution is -0.193. The van der Waals surface area contributed by atoms with Crippen LogP contribution in [0.25, 0.3) is 0 Å². The number of carboxylic acids is 2. The fourth-order valence-corrected chi connectivity index (χ4v) is 4.05. The third-order valence-electron chi connectivity index (χ3n) is 6.09. The van der Waals surface area contributed by atoms with Gasteiger partial charge in [-0.3, -0.25) is 0 Å². The Labute approximate surface area is 225 Å². The van der Waals surface area contributed by atoms with E-state index in [2.05, 4.69) is 27.1 Å². The lowest BCUT2D eigenvalue weighted by Crippen LogP contribution is -2.40. The molecule has 11 nitrogen and oxygen atoms in total. The number of alkyl halides is 6. The van der Waals surface area contributed by atoms with Crippen LogP contribution < -0.4 is 5.32 Å². The molecule has 0 radical (unpaired) electrons. The van der Waals surface area contributed by atoms with E-state index in [1.54, 1.807) is 6.33 Å². The first kappa shape index (κ1) is 32.7. The van der Waals surface area contributed by atoms with E-state index in [1.165, 1.54) is 25.1 Å². The summed E-state index contributed by atoms with van der Waals surface area (Å²) in [6, 6.07) is 0. The van der Waals surface area contributed by atoms with Gasteiger partial charge in [-0.1, -0.05) is 13.3 Å². The van der Waals surface area contributed by atoms with E-state index in [9.17, 15) is 26.3 Å². The molecule has 2 aliphatic rings. The second-order valence-corrected chi connectivity index (χ2v) is 9.18. The summed E-state index contributed by atoms with van der Waals surface area (Å²) in [5.41, 5.74) is 3.45. The molecule has 1 spiro atoms. The maximum Gasteiger partial charge on any atom is 0.490 e. The molecule has 2 aromatic rings. The predicted octanol–water partition coefficient (Wildman–Crippen LogP) is 3.36. The number of nitrogens with one attached hydrogen (secondary N) is 1. The monoisotopic (exact) mass is 584 g/mol. The molecule has 4 heterocycles. The molecule has 4 rings (SSSR count). The van der Waals surface area contributed by atoms with Crippen LogP contribution in [0.4, 0.5) is 32.3 Å². The van der Waals surface area contributed by atoms with Crippen molar-refractivity contribution in [3.8, 4) is 0 Å². The molecule has 2 aromatic heterocycles. The molecule has 1 saturated heterocycles. The number of aliphatic carboxylic acids is 2. The number of aromatic nitrogens is 4. The Kier molecular flexibility index (Phi) is 11.2. The van der Waals surface area contributed by atoms with E-state index < -0.39 is 24.3 Å². The van der Waals surface area contributed by atoms with Gasteiger partial charge in [0.25, 0.3) is 0 Å². The maximum absolute atomic E-state index is 10.6. The highest BCUT2D eigenvalue weighted by Crippen LogP contribution is 2.39. The molecular weight excluding hydrogens is 554 g/mol. The average molecular weight is 585 g/mol. The lowest BCUT2D eigenvalue weighted by atomic mass is 9.80. The molecule has 1 atom stereocenters. The number of ether oxygens (including phenoxy) is 1. The molecule has 0 aliphatic carbocycles. The third-order valence-corrected chi connectivity index (χ3v) is 6.09. The summed E-state index contributed by atoms with van der Waals surface area (Å²) in [5.74, 6) is -4.82. The molecule has 17 heteroatoms. The van der Waals surface area contributed by atoms with Gasteiger partial charge in [-0.15, -0.1) is 0 Å². The Balaban J connectivity index is 0.000000333. The summed E-state index contributed by atoms with van der Waals surface area (Å²) in [5, 5.41) is 17.6. The number of nitrogens with zero attached hydrogens (tertiary/aromatic N) is 5. The van der Waals surface area contributed by atoms with Crippen LogP contribution >= 0.6 is 0 Å². The van der Waals surface area contributed by atoms with Crippen LogP contribution in [0.1, 0.15) is 43.1 Å². The van der Waals surface area contributed by atoms with Gasteiger partial charge in [0.05, 0.1) is 42.9 Å². The van der Waals surface area contributed by atoms with Crippen LogP contribution in [0.3, 0.4) is 0 Å². The molecule has 0 saturated carbocycles. The molecule has 0 bridgehead atoms. The van der Waals surface area contributed by atoms with Gasteiger partial charge in [0, 0.05) is 31.5 Å². The number of anilines is 1. The highest BCUT2D eigenvalue weighted by Gasteiger charge is 2.44. The highest BCUT2D eigenvalue weighted by molar-refractivity contribution is 5.73. The number of halogens is 6. The number of imidazole rings is 1. The summed E-state index contributed by atoms with van der Waals surface area (Å²) in [6.07, 6.45) is -0.957. The standard InChI is InChI=1S/C19H28N6O.2C2HF3O2/c1-3-4-6-25-7-5-19(12-25)13-26-11-15-8-21-18(23-17(15)19)22-10-16-9-20-14-24(16)2;2*3-2(4,5)1(6)7/h8-9,14H,3-7,10-13H2,1-2H3,(H,21,22,23);2*(H,6,7). The van der Waals surface area contributed by atoms with Crippen molar-refractivity contribution in [3.63, 3.8) is 0 Å². The van der Waals surface area contributed by atoms with Crippen LogP contribution in [-0.4, -0.2) is 85.2 Å². The van der Waals surface area contributed by atoms with Crippen molar-refractivity contribution in [3.05, 3.63) is 35.7 Å². The van der Waals surface area contributed by atoms with Gasteiger partial charge in [-0.25, -0.2) is 24.5 Å². The summed E-state index contributed by atoms with van der Waals surface area (Å²) in [4.78, 5) is 33.9. The fraction of sp³-hybridized carbons (Fsp3) is 0.609. The van der Waals surface area contributed by atoms with E-state index in [4.69, 9.17) is 29.5 Å². The van der Waals surface area contributed by atoms with Gasteiger partial charge in [0.15, 0.2) is 0 Å². The number of hydrogen-bond donors (Lipinski definition) is 3. The SMILES string of the molecule is CCCCN1CCC2(COCc3cnc(NCc4cncn4C)nc32)C1.O=C(O)C(F)(F)F.O=C(O)C(F)(F)F. The quantitative estimate of drug-likeness (QED) is 0.433. The molecule has 1 unspecified atom stereocenters. The zero-order valence-electron chi connectivity index (χ0n) is 21.7. The van der Waals surface area contributed by atoms with Gasteiger partial charge in [0.1, 0.15) is 0 Å². The van der Waals surface area contributed by atoms with E-state index in [-0.39, 0.29) is 5.41 Å². The van der Waals surface area contributed by atoms with Gasteiger partial charge >= 0.3 is 24.3 Å². The topological polar surface area (TPSA) is 143 Å². The first-order chi connectivity index (χ1) is 18.6. The minimum atomic E-state index is -5.08. The van der Waals surface area contributed by atoms with Crippen LogP contribution in [0.15, 0.2) is 18.7 Å². The van der Waals surface area contributed by atoms with Crippen LogP contribution in [0.5, 0.6) is 0 Å². The Bertz CT molecular complexity index is 1120. The smallest absolute Gasteiger partial charge is 0.475 e. The molecule has 40 heavy (non-hydrogen) atoms. The Morgan fingerprint density at radius 2 is 1.75 bits per heavy atom. The van der Waals surface area contributed by atoms with Crippen LogP contribution in [-0.2, 0) is 39.9 Å². The summed E-state index contributed by atoms with van der Waals surface area (Å²) in [6.45, 7) is 7.64. The van der Waals surface area contributed by atoms with Crippen molar-refractivity contribution in [2.75, 3.05) is 31.6 Å². The zero-order chi connectivity index (χ0) is 30.1. The number of rotatable bonds is 6. The zero-order valence-corrected chi connectivity index (χ0v) is 21.7. The number of carboxylic acid groups (broad SMARTS) is 2. The molecular formula is C23H30F6N6O5. The van der Waals surface area contributed by atoms with Gasteiger partial charge in [-0.05, 0) is 25.9 Å². The molecule has 2 aliphatic heterocycles. The number of fused-ring (bicyclic) bond motifs is 2. The van der Waals surface area contributed by atoms with Gasteiger partial charge in [0.2, 0.25) is 5.95 Å². The Morgan fingerprint density at radius 3 is 2.27 bits per heavy atom. The second-order valence-electron chi connectivity index (χ2n) is 9.18. The van der Waals surface area contributed by atoms with Gasteiger partial charge in [-0.2, -0.15) is 26.3 Å². The fourth-order valence-electron chi connectivity index (χ4n) is 4.05. The largest absolute Gasteiger partial charge is 0.490 e. The van der Waals surface area contributed by atoms with Crippen molar-refractivity contribution >= 4 is 17.9 Å². The first-order valence-corrected chi connectivity index (χ1v) is 12.0. The van der Waals surface area contributed by atoms with E-state index >= 15 is 0 Å². The predicted molar refractivity (Wildman–Crippen MR) is 127 cm³/mol. The van der Waals surface area contributed by atoms with E-state index in [1.807, 2.05) is 24.0 Å². The molecule has 3 N–H and O–H groups in total. The highest BCUT2D eigenvalue weighted by atomic mass is 19.4. The number of aryl methyl sites for hydroxylation is 1. The van der Waals surface area contributed by atoms with E-state index in [0.29, 0.717) is 19.1 Å². The molecule has 224 valence electrons. The van der Waals surface area contributed by atoms with Crippen molar-refractivity contribution in [2.45, 2.75) is 57.1 Å². The Morgan fingerprint density at radius 1 is 1.12 bits per heavy atom. The van der Waals surface area contributed by atoms with Crippen molar-refractivity contribution in [1.82, 2.24) is 24.4 Å². The van der Waals surface area contributed by atoms with E-state index in [0.717, 1.165) is 37.4 Å². The third kappa shape index (κ3) is 9.32. The summed E-state index contributed by atoms with van der Waals surface area (Å²) in [7, 11) is 1.99. The Hall–Kier alpha value is -3.47. The lowest BCUT2D eigenvalue weighted by Gasteiger charge is -2.34. The van der Waals surface area contributed by atoms with Crippen LogP contribution in [0.2, 0.25) is 0 Å². The normalized spacial score (nSPS) is 18.7. The number of hydrogen-bond acceptors (Lipinski definition) is 8. The van der Waals surface area contributed by atoms with Crippen LogP contribution in [0, 0.1) is 0 Å². The van der Waals surface area contributed by atoms with Crippen molar-refractivity contribution < 1.29 is 50.9 Å². The molecule has 0 aromatic carbocycles. The minimum Gasteiger partial charge on any atom is -0.475 e. The molecule has 1 fully saturated rings. The summed E-state index contributed by atoms with van der Waals surface area (Å²) >= 11 is 0. The van der Waals surface area contributed by atoms with Gasteiger partial charge < -0.3 is 29.7 Å². The maximum atomic E-state index is 10.6. The number of likely N-dealkylation sites (tertiary alicyclic amines) is 1.